The number of benzene rings is 1. The molecule has 0 saturated carbocycles. The van der Waals surface area contributed by atoms with Crippen molar-refractivity contribution in [3.8, 4) is 0 Å². The summed E-state index contributed by atoms with van der Waals surface area (Å²) in [5.41, 5.74) is 2.00. The first-order chi connectivity index (χ1) is 14.0. The molecule has 29 heavy (non-hydrogen) atoms. The van der Waals surface area contributed by atoms with Crippen LogP contribution in [0.4, 0.5) is 5.69 Å². The van der Waals surface area contributed by atoms with Crippen molar-refractivity contribution in [2.75, 3.05) is 31.5 Å². The molecule has 2 aliphatic rings. The average molecular weight is 434 g/mol. The zero-order valence-electron chi connectivity index (χ0n) is 16.5. The zero-order chi connectivity index (χ0) is 20.3. The summed E-state index contributed by atoms with van der Waals surface area (Å²) >= 11 is 1.76. The van der Waals surface area contributed by atoms with Gasteiger partial charge in [0.1, 0.15) is 0 Å². The number of fused-ring (bicyclic) bond motifs is 1. The van der Waals surface area contributed by atoms with Crippen LogP contribution < -0.4 is 5.32 Å². The van der Waals surface area contributed by atoms with Gasteiger partial charge in [-0.15, -0.1) is 11.3 Å². The second kappa shape index (κ2) is 8.85. The number of carbonyl (C=O) groups excluding carboxylic acids is 1. The number of thiophene rings is 1. The van der Waals surface area contributed by atoms with E-state index in [4.69, 9.17) is 0 Å². The van der Waals surface area contributed by atoms with Crippen LogP contribution in [0.15, 0.2) is 40.6 Å². The van der Waals surface area contributed by atoms with E-state index in [0.29, 0.717) is 24.5 Å². The van der Waals surface area contributed by atoms with Crippen molar-refractivity contribution in [3.05, 3.63) is 46.2 Å². The maximum absolute atomic E-state index is 12.8. The highest BCUT2D eigenvalue weighted by Gasteiger charge is 2.25. The molecule has 0 aliphatic carbocycles. The van der Waals surface area contributed by atoms with Gasteiger partial charge in [-0.2, -0.15) is 4.31 Å². The van der Waals surface area contributed by atoms with E-state index in [0.717, 1.165) is 44.3 Å². The van der Waals surface area contributed by atoms with E-state index in [9.17, 15) is 13.2 Å². The zero-order valence-corrected chi connectivity index (χ0v) is 18.1. The molecule has 0 spiro atoms. The number of nitrogens with zero attached hydrogens (tertiary/aromatic N) is 2. The van der Waals surface area contributed by atoms with Gasteiger partial charge in [0.15, 0.2) is 0 Å². The molecule has 0 atom stereocenters. The molecule has 156 valence electrons. The van der Waals surface area contributed by atoms with E-state index < -0.39 is 10.0 Å². The van der Waals surface area contributed by atoms with E-state index in [-0.39, 0.29) is 12.5 Å². The van der Waals surface area contributed by atoms with Crippen LogP contribution in [0, 0.1) is 0 Å². The van der Waals surface area contributed by atoms with E-state index in [2.05, 4.69) is 16.8 Å². The summed E-state index contributed by atoms with van der Waals surface area (Å²) in [6.07, 6.45) is 4.94. The molecule has 8 heteroatoms. The Bertz CT molecular complexity index is 946. The second-order valence-electron chi connectivity index (χ2n) is 7.63. The van der Waals surface area contributed by atoms with Crippen LogP contribution in [-0.2, 0) is 27.8 Å². The fraction of sp³-hybridized carbons (Fsp3) is 0.476. The lowest BCUT2D eigenvalue weighted by Crippen LogP contribution is -2.38. The van der Waals surface area contributed by atoms with Crippen LogP contribution in [-0.4, -0.2) is 49.7 Å². The summed E-state index contributed by atoms with van der Waals surface area (Å²) in [6, 6.07) is 8.84. The van der Waals surface area contributed by atoms with E-state index in [1.54, 1.807) is 39.9 Å². The van der Waals surface area contributed by atoms with Crippen molar-refractivity contribution < 1.29 is 13.2 Å². The van der Waals surface area contributed by atoms with Gasteiger partial charge in [-0.25, -0.2) is 8.42 Å². The predicted molar refractivity (Wildman–Crippen MR) is 116 cm³/mol. The number of nitrogens with one attached hydrogen (secondary N) is 1. The summed E-state index contributed by atoms with van der Waals surface area (Å²) in [4.78, 5) is 16.1. The molecule has 3 heterocycles. The second-order valence-corrected chi connectivity index (χ2v) is 10.6. The largest absolute Gasteiger partial charge is 0.376 e. The number of carbonyl (C=O) groups is 1. The molecule has 1 fully saturated rings. The number of amides is 1. The molecule has 1 aromatic heterocycles. The molecule has 0 bridgehead atoms. The van der Waals surface area contributed by atoms with Crippen molar-refractivity contribution in [3.63, 3.8) is 0 Å². The Labute approximate surface area is 176 Å². The highest BCUT2D eigenvalue weighted by Crippen LogP contribution is 2.24. The van der Waals surface area contributed by atoms with Crippen LogP contribution in [0.25, 0.3) is 0 Å². The van der Waals surface area contributed by atoms with Gasteiger partial charge in [0.05, 0.1) is 11.4 Å². The monoisotopic (exact) mass is 433 g/mol. The lowest BCUT2D eigenvalue weighted by atomic mass is 10.1. The third-order valence-electron chi connectivity index (χ3n) is 5.66. The topological polar surface area (TPSA) is 69.7 Å². The normalized spacial score (nSPS) is 18.1. The number of hydrogen-bond acceptors (Lipinski definition) is 5. The quantitative estimate of drug-likeness (QED) is 0.785. The molecule has 6 nitrogen and oxygen atoms in total. The van der Waals surface area contributed by atoms with Crippen LogP contribution >= 0.6 is 11.3 Å². The Morgan fingerprint density at radius 2 is 1.72 bits per heavy atom. The van der Waals surface area contributed by atoms with Gasteiger partial charge in [-0.1, -0.05) is 12.8 Å². The molecule has 1 saturated heterocycles. The van der Waals surface area contributed by atoms with E-state index >= 15 is 0 Å². The van der Waals surface area contributed by atoms with Crippen molar-refractivity contribution >= 4 is 33.0 Å². The first-order valence-electron chi connectivity index (χ1n) is 10.2. The molecular formula is C21H27N3O3S2. The van der Waals surface area contributed by atoms with Crippen LogP contribution in [0.2, 0.25) is 0 Å². The van der Waals surface area contributed by atoms with Crippen molar-refractivity contribution in [2.24, 2.45) is 0 Å². The molecule has 1 amide bonds. The first kappa shape index (κ1) is 20.4. The number of hydrogen-bond donors (Lipinski definition) is 1. The van der Waals surface area contributed by atoms with Crippen molar-refractivity contribution in [1.29, 1.82) is 0 Å². The molecule has 2 aliphatic heterocycles. The Hall–Kier alpha value is -1.90. The maximum atomic E-state index is 12.8. The third-order valence-corrected chi connectivity index (χ3v) is 8.60. The lowest BCUT2D eigenvalue weighted by Gasteiger charge is -2.27. The van der Waals surface area contributed by atoms with Gasteiger partial charge >= 0.3 is 0 Å². The summed E-state index contributed by atoms with van der Waals surface area (Å²) in [7, 11) is -3.44. The lowest BCUT2D eigenvalue weighted by molar-refractivity contribution is -0.130. The maximum Gasteiger partial charge on any atom is 0.243 e. The number of rotatable bonds is 5. The summed E-state index contributed by atoms with van der Waals surface area (Å²) in [5.74, 6) is 0.0584. The Kier molecular flexibility index (Phi) is 6.22. The van der Waals surface area contributed by atoms with Gasteiger partial charge in [-0.3, -0.25) is 4.79 Å². The van der Waals surface area contributed by atoms with E-state index in [1.165, 1.54) is 10.4 Å². The van der Waals surface area contributed by atoms with Gasteiger partial charge in [0.25, 0.3) is 0 Å². The van der Waals surface area contributed by atoms with Crippen LogP contribution in [0.3, 0.4) is 0 Å². The van der Waals surface area contributed by atoms with Gasteiger partial charge < -0.3 is 10.2 Å². The SMILES string of the molecule is O=C(CNc1ccc(S(=O)(=O)N2CCCCCC2)cc1)N1CCc2sccc2C1. The van der Waals surface area contributed by atoms with Crippen molar-refractivity contribution in [2.45, 2.75) is 43.5 Å². The summed E-state index contributed by atoms with van der Waals surface area (Å²) < 4.78 is 27.3. The molecule has 1 aromatic carbocycles. The van der Waals surface area contributed by atoms with Gasteiger partial charge in [0, 0.05) is 36.7 Å². The van der Waals surface area contributed by atoms with Crippen LogP contribution in [0.1, 0.15) is 36.1 Å². The van der Waals surface area contributed by atoms with Gasteiger partial charge in [0.2, 0.25) is 15.9 Å². The Balaban J connectivity index is 1.34. The molecular weight excluding hydrogens is 406 g/mol. The third kappa shape index (κ3) is 4.65. The number of sulfonamides is 1. The number of anilines is 1. The Morgan fingerprint density at radius 1 is 1.00 bits per heavy atom. The standard InChI is InChI=1S/C21H27N3O3S2/c25-21(23-13-9-20-17(16-23)10-14-28-20)15-22-18-5-7-19(8-6-18)29(26,27)24-11-3-1-2-4-12-24/h5-8,10,14,22H,1-4,9,11-13,15-16H2. The fourth-order valence-corrected chi connectivity index (χ4v) is 6.33. The highest BCUT2D eigenvalue weighted by molar-refractivity contribution is 7.89. The summed E-state index contributed by atoms with van der Waals surface area (Å²) in [6.45, 7) is 2.82. The molecule has 1 N–H and O–H groups in total. The van der Waals surface area contributed by atoms with Crippen molar-refractivity contribution in [1.82, 2.24) is 9.21 Å². The Morgan fingerprint density at radius 3 is 2.45 bits per heavy atom. The average Bonchev–Trinajstić information content (AvgIpc) is 3.03. The highest BCUT2D eigenvalue weighted by atomic mass is 32.2. The smallest absolute Gasteiger partial charge is 0.243 e. The molecule has 0 unspecified atom stereocenters. The van der Waals surface area contributed by atoms with Gasteiger partial charge in [-0.05, 0) is 60.5 Å². The first-order valence-corrected chi connectivity index (χ1v) is 12.5. The minimum atomic E-state index is -3.44. The minimum absolute atomic E-state index is 0.0584. The molecule has 2 aromatic rings. The van der Waals surface area contributed by atoms with Crippen LogP contribution in [0.5, 0.6) is 0 Å². The molecule has 4 rings (SSSR count). The summed E-state index contributed by atoms with van der Waals surface area (Å²) in [5, 5.41) is 5.21. The minimum Gasteiger partial charge on any atom is -0.376 e. The predicted octanol–water partition coefficient (Wildman–Crippen LogP) is 3.31. The fourth-order valence-electron chi connectivity index (χ4n) is 3.93. The molecule has 0 radical (unpaired) electrons. The van der Waals surface area contributed by atoms with E-state index in [1.807, 2.05) is 4.90 Å².